The smallest absolute Gasteiger partial charge is 0.411 e. The zero-order valence-electron chi connectivity index (χ0n) is 24.0. The van der Waals surface area contributed by atoms with Crippen LogP contribution in [-0.4, -0.2) is 43.9 Å². The SMILES string of the molecule is CCCCNC(=O)C[C@H](O[Si](C)(C)C(C)(C)C)[C@H](CC1CCCCC1)NC(=O)Oc1ccc([N+](=O)[O-])cc1. The number of nitro benzene ring substituents is 1. The molecule has 38 heavy (non-hydrogen) atoms. The van der Waals surface area contributed by atoms with E-state index in [1.54, 1.807) is 0 Å². The van der Waals surface area contributed by atoms with Crippen molar-refractivity contribution in [2.24, 2.45) is 5.92 Å². The van der Waals surface area contributed by atoms with Gasteiger partial charge in [0, 0.05) is 18.7 Å². The monoisotopic (exact) mass is 549 g/mol. The van der Waals surface area contributed by atoms with Crippen LogP contribution >= 0.6 is 0 Å². The van der Waals surface area contributed by atoms with Crippen molar-refractivity contribution >= 4 is 26.0 Å². The van der Waals surface area contributed by atoms with E-state index in [-0.39, 0.29) is 28.8 Å². The first kappa shape index (κ1) is 31.8. The summed E-state index contributed by atoms with van der Waals surface area (Å²) in [5.41, 5.74) is -0.0788. The summed E-state index contributed by atoms with van der Waals surface area (Å²) in [6, 6.07) is 4.99. The van der Waals surface area contributed by atoms with Crippen LogP contribution in [-0.2, 0) is 9.22 Å². The van der Waals surface area contributed by atoms with Crippen LogP contribution in [0.25, 0.3) is 0 Å². The van der Waals surface area contributed by atoms with Crippen molar-refractivity contribution in [2.75, 3.05) is 6.54 Å². The molecule has 1 saturated carbocycles. The van der Waals surface area contributed by atoms with E-state index in [4.69, 9.17) is 9.16 Å². The molecule has 1 aromatic carbocycles. The highest BCUT2D eigenvalue weighted by atomic mass is 28.4. The quantitative estimate of drug-likeness (QED) is 0.122. The molecule has 0 aromatic heterocycles. The number of carbonyl (C=O) groups excluding carboxylic acids is 2. The summed E-state index contributed by atoms with van der Waals surface area (Å²) < 4.78 is 12.3. The normalized spacial score (nSPS) is 16.4. The molecular weight excluding hydrogens is 502 g/mol. The van der Waals surface area contributed by atoms with Crippen LogP contribution in [0.4, 0.5) is 10.5 Å². The van der Waals surface area contributed by atoms with Gasteiger partial charge in [0.25, 0.3) is 5.69 Å². The number of amides is 2. The van der Waals surface area contributed by atoms with E-state index in [2.05, 4.69) is 51.4 Å². The largest absolute Gasteiger partial charge is 0.412 e. The molecule has 9 nitrogen and oxygen atoms in total. The number of nitrogens with one attached hydrogen (secondary N) is 2. The zero-order chi connectivity index (χ0) is 28.3. The van der Waals surface area contributed by atoms with E-state index in [1.807, 2.05) is 0 Å². The van der Waals surface area contributed by atoms with Gasteiger partial charge in [-0.2, -0.15) is 0 Å². The highest BCUT2D eigenvalue weighted by Crippen LogP contribution is 2.39. The van der Waals surface area contributed by atoms with Crippen molar-refractivity contribution in [1.29, 1.82) is 0 Å². The fourth-order valence-corrected chi connectivity index (χ4v) is 5.85. The molecule has 1 aromatic rings. The molecule has 2 rings (SSSR count). The van der Waals surface area contributed by atoms with E-state index < -0.39 is 31.5 Å². The molecule has 214 valence electrons. The lowest BCUT2D eigenvalue weighted by molar-refractivity contribution is -0.384. The van der Waals surface area contributed by atoms with Gasteiger partial charge in [-0.1, -0.05) is 66.2 Å². The number of hydrogen-bond acceptors (Lipinski definition) is 6. The first-order valence-corrected chi connectivity index (χ1v) is 16.9. The summed E-state index contributed by atoms with van der Waals surface area (Å²) in [5.74, 6) is 0.562. The number of carbonyl (C=O) groups is 2. The number of unbranched alkanes of at least 4 members (excludes halogenated alkanes) is 1. The maximum atomic E-state index is 13.0. The predicted molar refractivity (Wildman–Crippen MR) is 152 cm³/mol. The fourth-order valence-electron chi connectivity index (χ4n) is 4.49. The zero-order valence-corrected chi connectivity index (χ0v) is 25.0. The van der Waals surface area contributed by atoms with Gasteiger partial charge in [-0.3, -0.25) is 14.9 Å². The molecule has 0 spiro atoms. The molecule has 1 fully saturated rings. The molecule has 2 amide bonds. The molecule has 0 heterocycles. The van der Waals surface area contributed by atoms with E-state index in [0.717, 1.165) is 38.5 Å². The van der Waals surface area contributed by atoms with Gasteiger partial charge >= 0.3 is 6.09 Å². The maximum Gasteiger partial charge on any atom is 0.412 e. The minimum atomic E-state index is -2.28. The van der Waals surface area contributed by atoms with Gasteiger partial charge in [0.15, 0.2) is 8.32 Å². The summed E-state index contributed by atoms with van der Waals surface area (Å²) in [5, 5.41) is 16.9. The second-order valence-corrected chi connectivity index (χ2v) is 16.7. The maximum absolute atomic E-state index is 13.0. The van der Waals surface area contributed by atoms with Gasteiger partial charge in [0.05, 0.1) is 23.5 Å². The average molecular weight is 550 g/mol. The van der Waals surface area contributed by atoms with Gasteiger partial charge in [-0.05, 0) is 49.0 Å². The third kappa shape index (κ3) is 10.4. The number of hydrogen-bond donors (Lipinski definition) is 2. The van der Waals surface area contributed by atoms with Crippen molar-refractivity contribution in [2.45, 2.75) is 116 Å². The minimum Gasteiger partial charge on any atom is -0.411 e. The molecule has 10 heteroatoms. The molecule has 0 unspecified atom stereocenters. The van der Waals surface area contributed by atoms with Crippen LogP contribution in [0.2, 0.25) is 18.1 Å². The van der Waals surface area contributed by atoms with E-state index >= 15 is 0 Å². The van der Waals surface area contributed by atoms with Crippen molar-refractivity contribution in [1.82, 2.24) is 10.6 Å². The van der Waals surface area contributed by atoms with Gasteiger partial charge in [-0.25, -0.2) is 4.79 Å². The Kier molecular flexibility index (Phi) is 12.2. The molecule has 0 saturated heterocycles. The number of rotatable bonds is 13. The third-order valence-electron chi connectivity index (χ3n) is 7.81. The van der Waals surface area contributed by atoms with E-state index in [9.17, 15) is 19.7 Å². The van der Waals surface area contributed by atoms with Crippen LogP contribution in [0.3, 0.4) is 0 Å². The summed E-state index contributed by atoms with van der Waals surface area (Å²) in [6.45, 7) is 13.5. The van der Waals surface area contributed by atoms with Crippen LogP contribution in [0.5, 0.6) is 5.75 Å². The molecule has 2 atom stereocenters. The van der Waals surface area contributed by atoms with Gasteiger partial charge in [0.1, 0.15) is 5.75 Å². The lowest BCUT2D eigenvalue weighted by atomic mass is 9.83. The highest BCUT2D eigenvalue weighted by Gasteiger charge is 2.42. The molecule has 1 aliphatic carbocycles. The van der Waals surface area contributed by atoms with E-state index in [1.165, 1.54) is 30.7 Å². The van der Waals surface area contributed by atoms with E-state index in [0.29, 0.717) is 18.9 Å². The topological polar surface area (TPSA) is 120 Å². The number of nitro groups is 1. The molecule has 0 bridgehead atoms. The van der Waals surface area contributed by atoms with Crippen molar-refractivity contribution in [3.8, 4) is 5.75 Å². The molecule has 1 aliphatic rings. The molecule has 0 radical (unpaired) electrons. The van der Waals surface area contributed by atoms with Crippen LogP contribution in [0.1, 0.15) is 85.5 Å². The Morgan fingerprint density at radius 2 is 1.76 bits per heavy atom. The van der Waals surface area contributed by atoms with Crippen LogP contribution < -0.4 is 15.4 Å². The number of ether oxygens (including phenoxy) is 1. The number of nitrogens with zero attached hydrogens (tertiary/aromatic N) is 1. The second-order valence-electron chi connectivity index (χ2n) is 12.0. The molecule has 0 aliphatic heterocycles. The summed E-state index contributed by atoms with van der Waals surface area (Å²) >= 11 is 0. The van der Waals surface area contributed by atoms with Crippen molar-refractivity contribution < 1.29 is 23.7 Å². The Morgan fingerprint density at radius 1 is 1.13 bits per heavy atom. The Morgan fingerprint density at radius 3 is 2.32 bits per heavy atom. The van der Waals surface area contributed by atoms with Gasteiger partial charge in [0.2, 0.25) is 5.91 Å². The Balaban J connectivity index is 2.27. The predicted octanol–water partition coefficient (Wildman–Crippen LogP) is 6.72. The third-order valence-corrected chi connectivity index (χ3v) is 12.3. The fraction of sp³-hybridized carbons (Fsp3) is 0.714. The van der Waals surface area contributed by atoms with Crippen molar-refractivity contribution in [3.63, 3.8) is 0 Å². The first-order valence-electron chi connectivity index (χ1n) is 14.0. The Bertz CT molecular complexity index is 910. The van der Waals surface area contributed by atoms with Crippen molar-refractivity contribution in [3.05, 3.63) is 34.4 Å². The standard InChI is InChI=1S/C28H47N3O6Si/c1-7-8-18-29-26(32)20-25(37-38(5,6)28(2,3)4)24(19-21-12-10-9-11-13-21)30-27(33)36-23-16-14-22(15-17-23)31(34)35/h14-17,21,24-25H,7-13,18-20H2,1-6H3,(H,29,32)(H,30,33)/t24-,25-/m0/s1. The molecule has 2 N–H and O–H groups in total. The minimum absolute atomic E-state index is 0.0708. The molecular formula is C28H47N3O6Si. The lowest BCUT2D eigenvalue weighted by Gasteiger charge is -2.42. The summed E-state index contributed by atoms with van der Waals surface area (Å²) in [4.78, 5) is 36.4. The number of non-ortho nitro benzene ring substituents is 1. The highest BCUT2D eigenvalue weighted by molar-refractivity contribution is 6.74. The van der Waals surface area contributed by atoms with Gasteiger partial charge < -0.3 is 19.8 Å². The van der Waals surface area contributed by atoms with Crippen LogP contribution in [0.15, 0.2) is 24.3 Å². The Hall–Kier alpha value is -2.46. The van der Waals surface area contributed by atoms with Gasteiger partial charge in [-0.15, -0.1) is 0 Å². The first-order chi connectivity index (χ1) is 17.8. The Labute approximate surface area is 228 Å². The second kappa shape index (κ2) is 14.6. The van der Waals surface area contributed by atoms with Crippen LogP contribution in [0, 0.1) is 16.0 Å². The average Bonchev–Trinajstić information content (AvgIpc) is 2.83. The lowest BCUT2D eigenvalue weighted by Crippen LogP contribution is -2.54. The number of benzene rings is 1. The summed E-state index contributed by atoms with van der Waals surface area (Å²) in [7, 11) is -2.28. The summed E-state index contributed by atoms with van der Waals surface area (Å²) in [6.07, 6.45) is 7.33.